The number of benzene rings is 2. The molecule has 0 saturated heterocycles. The average Bonchev–Trinajstić information content (AvgIpc) is 2.82. The van der Waals surface area contributed by atoms with Crippen LogP contribution in [0.25, 0.3) is 0 Å². The van der Waals surface area contributed by atoms with Crippen molar-refractivity contribution in [3.63, 3.8) is 0 Å². The number of aromatic hydroxyl groups is 1. The Kier molecular flexibility index (Phi) is 11.1. The summed E-state index contributed by atoms with van der Waals surface area (Å²) in [5, 5.41) is 26.0. The number of carboxylic acid groups (broad SMARTS) is 1. The van der Waals surface area contributed by atoms with E-state index in [0.29, 0.717) is 25.8 Å². The van der Waals surface area contributed by atoms with E-state index in [1.165, 1.54) is 0 Å². The van der Waals surface area contributed by atoms with Gasteiger partial charge in [0.2, 0.25) is 17.7 Å². The lowest BCUT2D eigenvalue weighted by atomic mass is 10.0. The van der Waals surface area contributed by atoms with E-state index in [4.69, 9.17) is 5.11 Å². The van der Waals surface area contributed by atoms with E-state index in [1.807, 2.05) is 30.3 Å². The highest BCUT2D eigenvalue weighted by Crippen LogP contribution is 2.11. The van der Waals surface area contributed by atoms with E-state index < -0.39 is 17.9 Å². The molecule has 0 aliphatic carbocycles. The summed E-state index contributed by atoms with van der Waals surface area (Å²) in [4.78, 5) is 47.7. The number of amides is 3. The van der Waals surface area contributed by atoms with Gasteiger partial charge in [-0.2, -0.15) is 0 Å². The van der Waals surface area contributed by atoms with Crippen molar-refractivity contribution in [3.05, 3.63) is 65.7 Å². The molecule has 0 unspecified atom stereocenters. The van der Waals surface area contributed by atoms with E-state index in [9.17, 15) is 24.3 Å². The van der Waals surface area contributed by atoms with Gasteiger partial charge in [-0.05, 0) is 42.5 Å². The van der Waals surface area contributed by atoms with Gasteiger partial charge in [0.15, 0.2) is 0 Å². The van der Waals surface area contributed by atoms with Gasteiger partial charge in [0, 0.05) is 25.8 Å². The Morgan fingerprint density at radius 1 is 0.794 bits per heavy atom. The zero-order chi connectivity index (χ0) is 24.8. The summed E-state index contributed by atoms with van der Waals surface area (Å²) in [6.45, 7) is 0.0485. The number of carboxylic acids is 1. The first-order chi connectivity index (χ1) is 16.3. The average molecular weight is 470 g/mol. The minimum atomic E-state index is -0.884. The number of unbranched alkanes of at least 4 members (excludes halogenated alkanes) is 1. The van der Waals surface area contributed by atoms with E-state index in [1.54, 1.807) is 24.3 Å². The Morgan fingerprint density at radius 2 is 1.50 bits per heavy atom. The molecular formula is C25H31N3O6. The summed E-state index contributed by atoms with van der Waals surface area (Å²) >= 11 is 0. The molecule has 0 aliphatic rings. The van der Waals surface area contributed by atoms with Crippen LogP contribution in [0, 0.1) is 0 Å². The van der Waals surface area contributed by atoms with Gasteiger partial charge in [-0.1, -0.05) is 42.5 Å². The molecule has 0 aromatic heterocycles. The number of phenols is 1. The molecule has 0 fully saturated rings. The largest absolute Gasteiger partial charge is 0.508 e. The molecule has 5 N–H and O–H groups in total. The lowest BCUT2D eigenvalue weighted by molar-refractivity contribution is -0.137. The normalized spacial score (nSPS) is 11.3. The number of phenolic OH excluding ortho intramolecular Hbond substituents is 1. The highest BCUT2D eigenvalue weighted by molar-refractivity contribution is 5.90. The molecule has 2 aromatic rings. The molecule has 34 heavy (non-hydrogen) atoms. The van der Waals surface area contributed by atoms with Crippen molar-refractivity contribution in [2.24, 2.45) is 0 Å². The van der Waals surface area contributed by atoms with Crippen LogP contribution in [0.2, 0.25) is 0 Å². The monoisotopic (exact) mass is 469 g/mol. The molecule has 9 heteroatoms. The fourth-order valence-electron chi connectivity index (χ4n) is 3.23. The topological polar surface area (TPSA) is 145 Å². The second kappa shape index (κ2) is 14.3. The van der Waals surface area contributed by atoms with Gasteiger partial charge in [-0.25, -0.2) is 0 Å². The lowest BCUT2D eigenvalue weighted by Gasteiger charge is -2.19. The summed E-state index contributed by atoms with van der Waals surface area (Å²) in [6.07, 6.45) is 1.93. The van der Waals surface area contributed by atoms with Crippen LogP contribution in [0.4, 0.5) is 0 Å². The Morgan fingerprint density at radius 3 is 2.18 bits per heavy atom. The fraction of sp³-hybridized carbons (Fsp3) is 0.360. The standard InChI is InChI=1S/C25H31N3O6/c29-20-12-9-18(10-13-20)11-14-22(30)27-17-23(31)28-21(16-19-6-2-1-3-7-19)25(34)26-15-5-4-8-24(32)33/h1-3,6-7,9-10,12-13,21,29H,4-5,8,11,14-17H2,(H,26,34)(H,27,30)(H,28,31)(H,32,33)/t21-/m0/s1. The SMILES string of the molecule is O=C(O)CCCCNC(=O)[C@H](Cc1ccccc1)NC(=O)CNC(=O)CCc1ccc(O)cc1. The van der Waals surface area contributed by atoms with Gasteiger partial charge in [0.25, 0.3) is 0 Å². The number of carbonyl (C=O) groups is 4. The van der Waals surface area contributed by atoms with Crippen molar-refractivity contribution in [2.45, 2.75) is 44.6 Å². The van der Waals surface area contributed by atoms with Crippen LogP contribution in [-0.4, -0.2) is 53.0 Å². The quantitative estimate of drug-likeness (QED) is 0.265. The van der Waals surface area contributed by atoms with Crippen LogP contribution in [0.15, 0.2) is 54.6 Å². The molecule has 0 bridgehead atoms. The van der Waals surface area contributed by atoms with Crippen LogP contribution < -0.4 is 16.0 Å². The second-order valence-corrected chi connectivity index (χ2v) is 7.89. The number of aryl methyl sites for hydroxylation is 1. The molecule has 0 heterocycles. The van der Waals surface area contributed by atoms with Gasteiger partial charge in [-0.15, -0.1) is 0 Å². The molecule has 0 radical (unpaired) electrons. The van der Waals surface area contributed by atoms with Crippen molar-refractivity contribution in [1.29, 1.82) is 0 Å². The molecule has 0 saturated carbocycles. The molecule has 2 aromatic carbocycles. The first-order valence-electron chi connectivity index (χ1n) is 11.2. The smallest absolute Gasteiger partial charge is 0.303 e. The third kappa shape index (κ3) is 10.6. The van der Waals surface area contributed by atoms with E-state index in [0.717, 1.165) is 11.1 Å². The summed E-state index contributed by atoms with van der Waals surface area (Å²) in [5.74, 6) is -1.89. The number of rotatable bonds is 14. The highest BCUT2D eigenvalue weighted by atomic mass is 16.4. The molecular weight excluding hydrogens is 438 g/mol. The molecule has 182 valence electrons. The number of aliphatic carboxylic acids is 1. The molecule has 0 aliphatic heterocycles. The first kappa shape index (κ1) is 26.4. The van der Waals surface area contributed by atoms with Crippen LogP contribution in [0.1, 0.15) is 36.8 Å². The van der Waals surface area contributed by atoms with Crippen LogP contribution in [0.3, 0.4) is 0 Å². The van der Waals surface area contributed by atoms with Crippen molar-refractivity contribution in [2.75, 3.05) is 13.1 Å². The van der Waals surface area contributed by atoms with Gasteiger partial charge in [0.05, 0.1) is 6.54 Å². The maximum atomic E-state index is 12.7. The summed E-state index contributed by atoms with van der Waals surface area (Å²) in [6, 6.07) is 15.0. The lowest BCUT2D eigenvalue weighted by Crippen LogP contribution is -2.50. The van der Waals surface area contributed by atoms with Crippen molar-refractivity contribution >= 4 is 23.7 Å². The Hall–Kier alpha value is -3.88. The zero-order valence-electron chi connectivity index (χ0n) is 19.0. The molecule has 9 nitrogen and oxygen atoms in total. The van der Waals surface area contributed by atoms with E-state index in [-0.39, 0.29) is 43.4 Å². The van der Waals surface area contributed by atoms with Crippen LogP contribution in [0.5, 0.6) is 5.75 Å². The van der Waals surface area contributed by atoms with Crippen LogP contribution in [-0.2, 0) is 32.0 Å². The van der Waals surface area contributed by atoms with Gasteiger partial charge in [0.1, 0.15) is 11.8 Å². The third-order valence-corrected chi connectivity index (χ3v) is 5.07. The Labute approximate surface area is 198 Å². The first-order valence-corrected chi connectivity index (χ1v) is 11.2. The fourth-order valence-corrected chi connectivity index (χ4v) is 3.23. The Bertz CT molecular complexity index is 947. The number of carbonyl (C=O) groups excluding carboxylic acids is 3. The maximum absolute atomic E-state index is 12.7. The predicted octanol–water partition coefficient (Wildman–Crippen LogP) is 1.54. The predicted molar refractivity (Wildman–Crippen MR) is 126 cm³/mol. The van der Waals surface area contributed by atoms with Crippen molar-refractivity contribution < 1.29 is 29.4 Å². The molecule has 0 spiro atoms. The number of nitrogens with one attached hydrogen (secondary N) is 3. The van der Waals surface area contributed by atoms with Crippen molar-refractivity contribution in [1.82, 2.24) is 16.0 Å². The minimum absolute atomic E-state index is 0.0342. The summed E-state index contributed by atoms with van der Waals surface area (Å²) in [7, 11) is 0. The van der Waals surface area contributed by atoms with E-state index >= 15 is 0 Å². The zero-order valence-corrected chi connectivity index (χ0v) is 19.0. The van der Waals surface area contributed by atoms with Crippen molar-refractivity contribution in [3.8, 4) is 5.75 Å². The molecule has 1 atom stereocenters. The number of hydrogen-bond donors (Lipinski definition) is 5. The summed E-state index contributed by atoms with van der Waals surface area (Å²) in [5.41, 5.74) is 1.76. The molecule has 2 rings (SSSR count). The maximum Gasteiger partial charge on any atom is 0.303 e. The summed E-state index contributed by atoms with van der Waals surface area (Å²) < 4.78 is 0. The Balaban J connectivity index is 1.82. The van der Waals surface area contributed by atoms with Gasteiger partial charge < -0.3 is 26.2 Å². The van der Waals surface area contributed by atoms with Gasteiger partial charge in [-0.3, -0.25) is 19.2 Å². The van der Waals surface area contributed by atoms with Gasteiger partial charge >= 0.3 is 5.97 Å². The van der Waals surface area contributed by atoms with Crippen LogP contribution >= 0.6 is 0 Å². The highest BCUT2D eigenvalue weighted by Gasteiger charge is 2.21. The minimum Gasteiger partial charge on any atom is -0.508 e. The second-order valence-electron chi connectivity index (χ2n) is 7.89. The number of hydrogen-bond acceptors (Lipinski definition) is 5. The van der Waals surface area contributed by atoms with E-state index in [2.05, 4.69) is 16.0 Å². The molecule has 3 amide bonds. The third-order valence-electron chi connectivity index (χ3n) is 5.07.